The Morgan fingerprint density at radius 1 is 1.31 bits per heavy atom. The average Bonchev–Trinajstić information content (AvgIpc) is 3.29. The molecule has 0 radical (unpaired) electrons. The molecule has 0 unspecified atom stereocenters. The number of hydrogen-bond acceptors (Lipinski definition) is 4. The Bertz CT molecular complexity index is 1060. The molecule has 0 spiro atoms. The largest absolute Gasteiger partial charge is 0.341 e. The van der Waals surface area contributed by atoms with Crippen molar-refractivity contribution < 1.29 is 9.18 Å². The summed E-state index contributed by atoms with van der Waals surface area (Å²) in [6.45, 7) is 1.38. The van der Waals surface area contributed by atoms with E-state index < -0.39 is 5.82 Å². The third kappa shape index (κ3) is 3.01. The molecule has 1 aliphatic rings. The SMILES string of the molecule is O=C(Cn1ncc2scc(-c3ccc(F)c(Cl)c3)c2c1=O)N1CCCC1. The minimum Gasteiger partial charge on any atom is -0.341 e. The molecule has 3 heterocycles. The molecule has 134 valence electrons. The molecule has 0 N–H and O–H groups in total. The van der Waals surface area contributed by atoms with Crippen LogP contribution in [0.3, 0.4) is 0 Å². The molecule has 0 saturated carbocycles. The molecule has 3 aromatic rings. The van der Waals surface area contributed by atoms with Gasteiger partial charge >= 0.3 is 0 Å². The molecular formula is C18H15ClFN3O2S. The van der Waals surface area contributed by atoms with Crippen LogP contribution >= 0.6 is 22.9 Å². The number of aromatic nitrogens is 2. The normalized spacial score (nSPS) is 14.3. The maximum Gasteiger partial charge on any atom is 0.276 e. The number of benzene rings is 1. The molecule has 8 heteroatoms. The zero-order chi connectivity index (χ0) is 18.3. The second kappa shape index (κ2) is 6.81. The van der Waals surface area contributed by atoms with E-state index in [0.717, 1.165) is 30.6 Å². The van der Waals surface area contributed by atoms with E-state index >= 15 is 0 Å². The van der Waals surface area contributed by atoms with Crippen molar-refractivity contribution in [2.75, 3.05) is 13.1 Å². The smallest absolute Gasteiger partial charge is 0.276 e. The molecule has 2 aromatic heterocycles. The van der Waals surface area contributed by atoms with Crippen molar-refractivity contribution in [1.82, 2.24) is 14.7 Å². The van der Waals surface area contributed by atoms with Crippen LogP contribution < -0.4 is 5.56 Å². The molecule has 26 heavy (non-hydrogen) atoms. The van der Waals surface area contributed by atoms with Crippen molar-refractivity contribution in [2.45, 2.75) is 19.4 Å². The zero-order valence-electron chi connectivity index (χ0n) is 13.7. The van der Waals surface area contributed by atoms with Gasteiger partial charge in [0.15, 0.2) is 0 Å². The number of amides is 1. The van der Waals surface area contributed by atoms with Gasteiger partial charge in [0, 0.05) is 24.0 Å². The predicted molar refractivity (Wildman–Crippen MR) is 100 cm³/mol. The fourth-order valence-corrected chi connectivity index (χ4v) is 4.28. The second-order valence-corrected chi connectivity index (χ2v) is 7.53. The van der Waals surface area contributed by atoms with E-state index in [9.17, 15) is 14.0 Å². The minimum absolute atomic E-state index is 0.000410. The summed E-state index contributed by atoms with van der Waals surface area (Å²) in [6, 6.07) is 4.36. The van der Waals surface area contributed by atoms with Crippen LogP contribution in [-0.4, -0.2) is 33.7 Å². The number of halogens is 2. The minimum atomic E-state index is -0.509. The summed E-state index contributed by atoms with van der Waals surface area (Å²) in [5, 5.41) is 6.44. The highest BCUT2D eigenvalue weighted by molar-refractivity contribution is 7.17. The first-order valence-corrected chi connectivity index (χ1v) is 9.51. The van der Waals surface area contributed by atoms with Gasteiger partial charge in [0.05, 0.1) is 21.3 Å². The van der Waals surface area contributed by atoms with Gasteiger partial charge in [-0.3, -0.25) is 9.59 Å². The van der Waals surface area contributed by atoms with Crippen molar-refractivity contribution in [1.29, 1.82) is 0 Å². The summed E-state index contributed by atoms with van der Waals surface area (Å²) in [6.07, 6.45) is 3.58. The topological polar surface area (TPSA) is 55.2 Å². The Morgan fingerprint density at radius 3 is 2.81 bits per heavy atom. The van der Waals surface area contributed by atoms with Crippen LogP contribution in [0.2, 0.25) is 5.02 Å². The van der Waals surface area contributed by atoms with Crippen molar-refractivity contribution in [3.8, 4) is 11.1 Å². The quantitative estimate of drug-likeness (QED) is 0.686. The van der Waals surface area contributed by atoms with Gasteiger partial charge in [0.2, 0.25) is 5.91 Å². The summed E-state index contributed by atoms with van der Waals surface area (Å²) in [5.74, 6) is -0.608. The molecular weight excluding hydrogens is 377 g/mol. The van der Waals surface area contributed by atoms with E-state index in [1.807, 2.05) is 5.38 Å². The lowest BCUT2D eigenvalue weighted by Gasteiger charge is -2.15. The van der Waals surface area contributed by atoms with E-state index in [-0.39, 0.29) is 23.0 Å². The lowest BCUT2D eigenvalue weighted by Crippen LogP contribution is -2.35. The first kappa shape index (κ1) is 17.2. The number of carbonyl (C=O) groups is 1. The van der Waals surface area contributed by atoms with E-state index in [1.165, 1.54) is 28.2 Å². The Hall–Kier alpha value is -2.25. The van der Waals surface area contributed by atoms with Gasteiger partial charge in [-0.15, -0.1) is 11.3 Å². The highest BCUT2D eigenvalue weighted by Crippen LogP contribution is 2.33. The van der Waals surface area contributed by atoms with Gasteiger partial charge in [-0.1, -0.05) is 17.7 Å². The van der Waals surface area contributed by atoms with Gasteiger partial charge in [-0.2, -0.15) is 5.10 Å². The molecule has 1 fully saturated rings. The number of carbonyl (C=O) groups excluding carboxylic acids is 1. The van der Waals surface area contributed by atoms with Crippen molar-refractivity contribution >= 4 is 38.9 Å². The van der Waals surface area contributed by atoms with Crippen LogP contribution in [0, 0.1) is 5.82 Å². The number of thiophene rings is 1. The Labute approximate surface area is 157 Å². The predicted octanol–water partition coefficient (Wildman–Crippen LogP) is 3.54. The number of nitrogens with zero attached hydrogens (tertiary/aromatic N) is 3. The zero-order valence-corrected chi connectivity index (χ0v) is 15.3. The fourth-order valence-electron chi connectivity index (χ4n) is 3.18. The lowest BCUT2D eigenvalue weighted by molar-refractivity contribution is -0.131. The summed E-state index contributed by atoms with van der Waals surface area (Å²) >= 11 is 7.25. The van der Waals surface area contributed by atoms with Gasteiger partial charge < -0.3 is 4.90 Å². The van der Waals surface area contributed by atoms with Gasteiger partial charge in [0.1, 0.15) is 12.4 Å². The molecule has 1 amide bonds. The number of rotatable bonds is 3. The van der Waals surface area contributed by atoms with Crippen molar-refractivity contribution in [3.63, 3.8) is 0 Å². The van der Waals surface area contributed by atoms with Gasteiger partial charge in [-0.05, 0) is 30.5 Å². The standard InChI is InChI=1S/C18H15ClFN3O2S/c19-13-7-11(3-4-14(13)20)12-10-26-15-8-21-23(18(25)17(12)15)9-16(24)22-5-1-2-6-22/h3-4,7-8,10H,1-2,5-6,9H2. The Kier molecular flexibility index (Phi) is 4.50. The summed E-state index contributed by atoms with van der Waals surface area (Å²) in [7, 11) is 0. The van der Waals surface area contributed by atoms with Crippen LogP contribution in [0.15, 0.2) is 34.6 Å². The summed E-state index contributed by atoms with van der Waals surface area (Å²) in [4.78, 5) is 27.0. The molecule has 0 aliphatic carbocycles. The average molecular weight is 392 g/mol. The van der Waals surface area contributed by atoms with E-state index in [2.05, 4.69) is 5.10 Å². The first-order chi connectivity index (χ1) is 12.5. The van der Waals surface area contributed by atoms with Crippen LogP contribution in [-0.2, 0) is 11.3 Å². The molecule has 0 atom stereocenters. The molecule has 1 aliphatic heterocycles. The van der Waals surface area contributed by atoms with E-state index in [0.29, 0.717) is 16.5 Å². The highest BCUT2D eigenvalue weighted by Gasteiger charge is 2.20. The summed E-state index contributed by atoms with van der Waals surface area (Å²) in [5.41, 5.74) is 0.997. The highest BCUT2D eigenvalue weighted by atomic mass is 35.5. The van der Waals surface area contributed by atoms with Crippen LogP contribution in [0.5, 0.6) is 0 Å². The molecule has 0 bridgehead atoms. The molecule has 4 rings (SSSR count). The van der Waals surface area contributed by atoms with Gasteiger partial charge in [-0.25, -0.2) is 9.07 Å². The molecule has 5 nitrogen and oxygen atoms in total. The Balaban J connectivity index is 1.75. The molecule has 1 saturated heterocycles. The van der Waals surface area contributed by atoms with Crippen molar-refractivity contribution in [3.05, 3.63) is 51.0 Å². The monoisotopic (exact) mass is 391 g/mol. The van der Waals surface area contributed by atoms with Crippen molar-refractivity contribution in [2.24, 2.45) is 0 Å². The third-order valence-electron chi connectivity index (χ3n) is 4.56. The number of likely N-dealkylation sites (tertiary alicyclic amines) is 1. The fraction of sp³-hybridized carbons (Fsp3) is 0.278. The maximum absolute atomic E-state index is 13.4. The van der Waals surface area contributed by atoms with Crippen LogP contribution in [0.1, 0.15) is 12.8 Å². The number of fused-ring (bicyclic) bond motifs is 1. The van der Waals surface area contributed by atoms with E-state index in [1.54, 1.807) is 17.2 Å². The molecule has 1 aromatic carbocycles. The van der Waals surface area contributed by atoms with Crippen LogP contribution in [0.4, 0.5) is 4.39 Å². The maximum atomic E-state index is 13.4. The van der Waals surface area contributed by atoms with E-state index in [4.69, 9.17) is 11.6 Å². The lowest BCUT2D eigenvalue weighted by atomic mass is 10.1. The summed E-state index contributed by atoms with van der Waals surface area (Å²) < 4.78 is 15.4. The van der Waals surface area contributed by atoms with Gasteiger partial charge in [0.25, 0.3) is 5.56 Å². The number of hydrogen-bond donors (Lipinski definition) is 0. The first-order valence-electron chi connectivity index (χ1n) is 8.25. The third-order valence-corrected chi connectivity index (χ3v) is 5.76. The van der Waals surface area contributed by atoms with Crippen LogP contribution in [0.25, 0.3) is 21.2 Å². The second-order valence-electron chi connectivity index (χ2n) is 6.21. The Morgan fingerprint density at radius 2 is 2.08 bits per heavy atom.